The largest absolute Gasteiger partial charge is 0.457 e. The van der Waals surface area contributed by atoms with Gasteiger partial charge in [0.25, 0.3) is 0 Å². The molecule has 1 fully saturated rings. The van der Waals surface area contributed by atoms with E-state index in [1.165, 1.54) is 24.3 Å². The van der Waals surface area contributed by atoms with Crippen LogP contribution in [0.3, 0.4) is 0 Å². The van der Waals surface area contributed by atoms with E-state index in [1.54, 1.807) is 37.3 Å². The van der Waals surface area contributed by atoms with Crippen LogP contribution in [0.15, 0.2) is 59.5 Å². The van der Waals surface area contributed by atoms with Gasteiger partial charge in [-0.1, -0.05) is 35.9 Å². The maximum atomic E-state index is 13.6. The van der Waals surface area contributed by atoms with Gasteiger partial charge in [0.1, 0.15) is 0 Å². The van der Waals surface area contributed by atoms with E-state index in [0.29, 0.717) is 0 Å². The lowest BCUT2D eigenvalue weighted by Gasteiger charge is -2.45. The van der Waals surface area contributed by atoms with Crippen LogP contribution in [0.5, 0.6) is 0 Å². The van der Waals surface area contributed by atoms with Crippen molar-refractivity contribution in [1.29, 1.82) is 0 Å². The van der Waals surface area contributed by atoms with Gasteiger partial charge in [-0.05, 0) is 31.2 Å². The Morgan fingerprint density at radius 3 is 2.06 bits per heavy atom. The predicted octanol–water partition coefficient (Wildman–Crippen LogP) is 1.45. The summed E-state index contributed by atoms with van der Waals surface area (Å²) in [6, 6.07) is 12.6. The van der Waals surface area contributed by atoms with Crippen molar-refractivity contribution >= 4 is 27.9 Å². The molecule has 1 aliphatic rings. The zero-order chi connectivity index (χ0) is 25.8. The zero-order valence-corrected chi connectivity index (χ0v) is 20.3. The summed E-state index contributed by atoms with van der Waals surface area (Å²) in [4.78, 5) is 36.5. The summed E-state index contributed by atoms with van der Waals surface area (Å²) in [7, 11) is -4.24. The van der Waals surface area contributed by atoms with E-state index in [1.807, 2.05) is 0 Å². The van der Waals surface area contributed by atoms with E-state index < -0.39 is 65.4 Å². The fourth-order valence-electron chi connectivity index (χ4n) is 3.89. The molecule has 188 valence electrons. The molecule has 0 spiro atoms. The van der Waals surface area contributed by atoms with Gasteiger partial charge in [-0.2, -0.15) is 4.31 Å². The van der Waals surface area contributed by atoms with Crippen molar-refractivity contribution in [3.8, 4) is 0 Å². The third-order valence-electron chi connectivity index (χ3n) is 5.49. The number of aryl methyl sites for hydroxylation is 1. The number of ether oxygens (including phenoxy) is 3. The van der Waals surface area contributed by atoms with Gasteiger partial charge in [0, 0.05) is 13.8 Å². The summed E-state index contributed by atoms with van der Waals surface area (Å²) < 4.78 is 44.3. The highest BCUT2D eigenvalue weighted by Gasteiger charge is 2.53. The molecule has 0 bridgehead atoms. The molecule has 0 saturated carbocycles. The Labute approximate surface area is 203 Å². The van der Waals surface area contributed by atoms with Crippen molar-refractivity contribution in [3.63, 3.8) is 0 Å². The average molecular weight is 506 g/mol. The number of rotatable bonds is 7. The predicted molar refractivity (Wildman–Crippen MR) is 123 cm³/mol. The van der Waals surface area contributed by atoms with Gasteiger partial charge in [0.15, 0.2) is 18.3 Å². The molecular weight excluding hydrogens is 478 g/mol. The number of carbonyl (C=O) groups is 3. The smallest absolute Gasteiger partial charge is 0.338 e. The zero-order valence-electron chi connectivity index (χ0n) is 19.5. The second kappa shape index (κ2) is 11.0. The summed E-state index contributed by atoms with van der Waals surface area (Å²) in [5, 5.41) is 10.2. The molecule has 1 heterocycles. The highest BCUT2D eigenvalue weighted by atomic mass is 32.2. The summed E-state index contributed by atoms with van der Waals surface area (Å²) in [5.41, 5.74) is 0.997. The summed E-state index contributed by atoms with van der Waals surface area (Å²) >= 11 is 0. The SMILES string of the molecule is CC(=O)O[C@H]1[C@H](OC(=O)c2ccccc2)[C@@H](CO)N(S(=O)(=O)c2ccc(C)cc2)C[C@H]1OC(C)=O. The van der Waals surface area contributed by atoms with Crippen LogP contribution in [0.2, 0.25) is 0 Å². The second-order valence-corrected chi connectivity index (χ2v) is 9.99. The molecule has 1 saturated heterocycles. The fourth-order valence-corrected chi connectivity index (χ4v) is 5.53. The van der Waals surface area contributed by atoms with Crippen LogP contribution in [0, 0.1) is 6.92 Å². The maximum Gasteiger partial charge on any atom is 0.338 e. The van der Waals surface area contributed by atoms with Crippen molar-refractivity contribution in [3.05, 3.63) is 65.7 Å². The molecule has 3 rings (SSSR count). The second-order valence-electron chi connectivity index (χ2n) is 8.10. The van der Waals surface area contributed by atoms with Crippen LogP contribution in [-0.2, 0) is 33.8 Å². The quantitative estimate of drug-likeness (QED) is 0.438. The number of aliphatic hydroxyl groups is 1. The first-order chi connectivity index (χ1) is 16.5. The van der Waals surface area contributed by atoms with E-state index in [0.717, 1.165) is 23.7 Å². The van der Waals surface area contributed by atoms with Crippen LogP contribution in [-0.4, -0.2) is 73.2 Å². The van der Waals surface area contributed by atoms with Crippen LogP contribution in [0.4, 0.5) is 0 Å². The van der Waals surface area contributed by atoms with Gasteiger partial charge in [-0.3, -0.25) is 9.59 Å². The van der Waals surface area contributed by atoms with Crippen LogP contribution < -0.4 is 0 Å². The van der Waals surface area contributed by atoms with Gasteiger partial charge in [0.05, 0.1) is 29.7 Å². The lowest BCUT2D eigenvalue weighted by molar-refractivity contribution is -0.190. The normalized spacial score (nSPS) is 22.7. The molecule has 0 aromatic heterocycles. The number of piperidine rings is 1. The molecule has 4 atom stereocenters. The van der Waals surface area contributed by atoms with E-state index in [9.17, 15) is 27.9 Å². The van der Waals surface area contributed by atoms with E-state index in [4.69, 9.17) is 14.2 Å². The molecule has 2 aromatic rings. The minimum atomic E-state index is -4.24. The van der Waals surface area contributed by atoms with Crippen LogP contribution in [0.25, 0.3) is 0 Å². The van der Waals surface area contributed by atoms with E-state index in [2.05, 4.69) is 0 Å². The topological polar surface area (TPSA) is 137 Å². The van der Waals surface area contributed by atoms with Gasteiger partial charge >= 0.3 is 17.9 Å². The number of hydrogen-bond acceptors (Lipinski definition) is 9. The molecule has 1 N–H and O–H groups in total. The molecular formula is C24H27NO9S. The first kappa shape index (κ1) is 26.3. The number of sulfonamides is 1. The van der Waals surface area contributed by atoms with Gasteiger partial charge < -0.3 is 19.3 Å². The molecule has 35 heavy (non-hydrogen) atoms. The lowest BCUT2D eigenvalue weighted by atomic mass is 9.95. The Balaban J connectivity index is 2.08. The monoisotopic (exact) mass is 505 g/mol. The Bertz CT molecular complexity index is 1170. The lowest BCUT2D eigenvalue weighted by Crippen LogP contribution is -2.66. The summed E-state index contributed by atoms with van der Waals surface area (Å²) in [6.45, 7) is 2.84. The molecule has 0 unspecified atom stereocenters. The van der Waals surface area contributed by atoms with E-state index >= 15 is 0 Å². The molecule has 1 aliphatic heterocycles. The maximum absolute atomic E-state index is 13.6. The molecule has 0 amide bonds. The molecule has 2 aromatic carbocycles. The Hall–Kier alpha value is -3.28. The van der Waals surface area contributed by atoms with Crippen LogP contribution in [0.1, 0.15) is 29.8 Å². The van der Waals surface area contributed by atoms with Crippen molar-refractivity contribution < 1.29 is 42.1 Å². The minimum Gasteiger partial charge on any atom is -0.457 e. The highest BCUT2D eigenvalue weighted by Crippen LogP contribution is 2.31. The standard InChI is InChI=1S/C24H27NO9S/c1-15-9-11-19(12-10-15)35(30,31)25-13-21(32-16(2)27)23(33-17(3)28)22(20(25)14-26)34-24(29)18-7-5-4-6-8-18/h4-12,20-23,26H,13-14H2,1-3H3/t20-,21-,22-,23-/m1/s1. The molecule has 10 nitrogen and oxygen atoms in total. The van der Waals surface area contributed by atoms with Crippen LogP contribution >= 0.6 is 0 Å². The first-order valence-electron chi connectivity index (χ1n) is 10.8. The van der Waals surface area contributed by atoms with Gasteiger partial charge in [-0.15, -0.1) is 0 Å². The van der Waals surface area contributed by atoms with Crippen molar-refractivity contribution in [1.82, 2.24) is 4.31 Å². The Morgan fingerprint density at radius 2 is 1.51 bits per heavy atom. The number of esters is 3. The molecule has 0 radical (unpaired) electrons. The summed E-state index contributed by atoms with van der Waals surface area (Å²) in [6.07, 6.45) is -4.13. The fraction of sp³-hybridized carbons (Fsp3) is 0.375. The average Bonchev–Trinajstić information content (AvgIpc) is 2.81. The number of benzene rings is 2. The number of hydrogen-bond donors (Lipinski definition) is 1. The first-order valence-corrected chi connectivity index (χ1v) is 12.3. The van der Waals surface area contributed by atoms with Crippen molar-refractivity contribution in [2.45, 2.75) is 50.0 Å². The third kappa shape index (κ3) is 6.05. The molecule has 11 heteroatoms. The van der Waals surface area contributed by atoms with Crippen molar-refractivity contribution in [2.75, 3.05) is 13.2 Å². The Kier molecular flexibility index (Phi) is 8.26. The summed E-state index contributed by atoms with van der Waals surface area (Å²) in [5.74, 6) is -2.35. The van der Waals surface area contributed by atoms with Gasteiger partial charge in [0.2, 0.25) is 10.0 Å². The number of nitrogens with zero attached hydrogens (tertiary/aromatic N) is 1. The highest BCUT2D eigenvalue weighted by molar-refractivity contribution is 7.89. The molecule has 0 aliphatic carbocycles. The minimum absolute atomic E-state index is 0.0674. The van der Waals surface area contributed by atoms with Crippen molar-refractivity contribution in [2.24, 2.45) is 0 Å². The van der Waals surface area contributed by atoms with E-state index in [-0.39, 0.29) is 10.5 Å². The van der Waals surface area contributed by atoms with Gasteiger partial charge in [-0.25, -0.2) is 13.2 Å². The number of carbonyl (C=O) groups excluding carboxylic acids is 3. The third-order valence-corrected chi connectivity index (χ3v) is 7.39. The Morgan fingerprint density at radius 1 is 0.914 bits per heavy atom. The number of aliphatic hydroxyl groups excluding tert-OH is 1.